The van der Waals surface area contributed by atoms with E-state index in [-0.39, 0.29) is 31.0 Å². The van der Waals surface area contributed by atoms with Crippen LogP contribution in [0.25, 0.3) is 0 Å². The van der Waals surface area contributed by atoms with Gasteiger partial charge in [-0.3, -0.25) is 0 Å². The number of alkyl halides is 3. The Kier molecular flexibility index (Phi) is 4.62. The summed E-state index contributed by atoms with van der Waals surface area (Å²) in [6, 6.07) is 2.94. The fourth-order valence-electron chi connectivity index (χ4n) is 2.59. The first-order valence-corrected chi connectivity index (χ1v) is 6.60. The van der Waals surface area contributed by atoms with Crippen LogP contribution in [0.1, 0.15) is 31.2 Å². The van der Waals surface area contributed by atoms with Crippen LogP contribution in [-0.4, -0.2) is 12.2 Å². The van der Waals surface area contributed by atoms with Gasteiger partial charge in [0.1, 0.15) is 11.6 Å². The molecule has 0 heterocycles. The number of rotatable bonds is 3. The van der Waals surface area contributed by atoms with Crippen LogP contribution >= 0.6 is 0 Å². The van der Waals surface area contributed by atoms with Crippen molar-refractivity contribution < 1.29 is 22.0 Å². The van der Waals surface area contributed by atoms with E-state index in [2.05, 4.69) is 5.32 Å². The monoisotopic (exact) mass is 293 g/mol. The second kappa shape index (κ2) is 6.08. The molecule has 0 bridgehead atoms. The molecule has 0 amide bonds. The highest BCUT2D eigenvalue weighted by molar-refractivity contribution is 5.18. The van der Waals surface area contributed by atoms with Crippen LogP contribution in [0, 0.1) is 17.6 Å². The van der Waals surface area contributed by atoms with E-state index < -0.39 is 23.7 Å². The maximum atomic E-state index is 13.4. The lowest BCUT2D eigenvalue weighted by Crippen LogP contribution is -2.38. The van der Waals surface area contributed by atoms with Crippen LogP contribution < -0.4 is 5.32 Å². The smallest absolute Gasteiger partial charge is 0.310 e. The van der Waals surface area contributed by atoms with E-state index in [1.807, 2.05) is 0 Å². The third-order valence-corrected chi connectivity index (χ3v) is 3.73. The summed E-state index contributed by atoms with van der Waals surface area (Å²) in [5, 5.41) is 2.94. The highest BCUT2D eigenvalue weighted by Gasteiger charge is 2.41. The van der Waals surface area contributed by atoms with E-state index in [4.69, 9.17) is 0 Å². The lowest BCUT2D eigenvalue weighted by atomic mass is 9.85. The fourth-order valence-corrected chi connectivity index (χ4v) is 2.59. The van der Waals surface area contributed by atoms with Gasteiger partial charge in [0.25, 0.3) is 0 Å². The zero-order chi connectivity index (χ0) is 14.8. The van der Waals surface area contributed by atoms with Crippen LogP contribution in [0.2, 0.25) is 0 Å². The van der Waals surface area contributed by atoms with Crippen LogP contribution in [0.4, 0.5) is 22.0 Å². The maximum Gasteiger partial charge on any atom is 0.391 e. The van der Waals surface area contributed by atoms with Gasteiger partial charge in [0.15, 0.2) is 0 Å². The first-order valence-electron chi connectivity index (χ1n) is 6.60. The second-order valence-electron chi connectivity index (χ2n) is 5.22. The van der Waals surface area contributed by atoms with Crippen LogP contribution in [0.3, 0.4) is 0 Å². The summed E-state index contributed by atoms with van der Waals surface area (Å²) in [6.07, 6.45) is -2.83. The van der Waals surface area contributed by atoms with Gasteiger partial charge in [-0.15, -0.1) is 0 Å². The molecule has 1 fully saturated rings. The molecule has 0 radical (unpaired) electrons. The SMILES string of the molecule is Fc1ccc(CNC2CCCC(C(F)(F)F)C2)c(F)c1. The Morgan fingerprint density at radius 2 is 1.90 bits per heavy atom. The molecule has 1 nitrogen and oxygen atoms in total. The van der Waals surface area contributed by atoms with Crippen LogP contribution in [-0.2, 0) is 6.54 Å². The van der Waals surface area contributed by atoms with Crippen LogP contribution in [0.5, 0.6) is 0 Å². The van der Waals surface area contributed by atoms with Crippen LogP contribution in [0.15, 0.2) is 18.2 Å². The summed E-state index contributed by atoms with van der Waals surface area (Å²) < 4.78 is 64.1. The topological polar surface area (TPSA) is 12.0 Å². The summed E-state index contributed by atoms with van der Waals surface area (Å²) in [5.74, 6) is -2.63. The third-order valence-electron chi connectivity index (χ3n) is 3.73. The van der Waals surface area contributed by atoms with Crippen molar-refractivity contribution in [3.05, 3.63) is 35.4 Å². The molecule has 2 atom stereocenters. The number of hydrogen-bond acceptors (Lipinski definition) is 1. The lowest BCUT2D eigenvalue weighted by Gasteiger charge is -2.31. The molecule has 0 aromatic heterocycles. The molecule has 1 aliphatic rings. The fraction of sp³-hybridized carbons (Fsp3) is 0.571. The Balaban J connectivity index is 1.90. The first-order chi connectivity index (χ1) is 9.36. The van der Waals surface area contributed by atoms with Gasteiger partial charge in [-0.25, -0.2) is 8.78 Å². The largest absolute Gasteiger partial charge is 0.391 e. The number of nitrogens with one attached hydrogen (secondary N) is 1. The lowest BCUT2D eigenvalue weighted by molar-refractivity contribution is -0.183. The molecule has 1 saturated carbocycles. The summed E-state index contributed by atoms with van der Waals surface area (Å²) in [5.41, 5.74) is 0.264. The summed E-state index contributed by atoms with van der Waals surface area (Å²) in [6.45, 7) is 0.112. The van der Waals surface area contributed by atoms with Gasteiger partial charge in [0.05, 0.1) is 5.92 Å². The normalized spacial score (nSPS) is 23.9. The molecular weight excluding hydrogens is 277 g/mol. The highest BCUT2D eigenvalue weighted by atomic mass is 19.4. The zero-order valence-corrected chi connectivity index (χ0v) is 10.8. The number of benzene rings is 1. The minimum Gasteiger partial charge on any atom is -0.310 e. The standard InChI is InChI=1S/C14H16F5N/c15-11-5-4-9(13(16)7-11)8-20-12-3-1-2-10(6-12)14(17,18)19/h4-5,7,10,12,20H,1-3,6,8H2. The summed E-state index contributed by atoms with van der Waals surface area (Å²) in [7, 11) is 0. The van der Waals surface area contributed by atoms with Gasteiger partial charge in [-0.1, -0.05) is 12.5 Å². The molecule has 1 N–H and O–H groups in total. The van der Waals surface area contributed by atoms with Gasteiger partial charge in [-0.2, -0.15) is 13.2 Å². The summed E-state index contributed by atoms with van der Waals surface area (Å²) in [4.78, 5) is 0. The molecule has 6 heteroatoms. The van der Waals surface area contributed by atoms with Gasteiger partial charge >= 0.3 is 6.18 Å². The van der Waals surface area contributed by atoms with E-state index >= 15 is 0 Å². The summed E-state index contributed by atoms with van der Waals surface area (Å²) >= 11 is 0. The predicted octanol–water partition coefficient (Wildman–Crippen LogP) is 4.18. The van der Waals surface area contributed by atoms with E-state index in [1.165, 1.54) is 6.07 Å². The minimum absolute atomic E-state index is 0.0202. The minimum atomic E-state index is -4.17. The van der Waals surface area contributed by atoms with Crippen molar-refractivity contribution in [1.29, 1.82) is 0 Å². The highest BCUT2D eigenvalue weighted by Crippen LogP contribution is 2.37. The number of hydrogen-bond donors (Lipinski definition) is 1. The molecular formula is C14H16F5N. The average Bonchev–Trinajstić information content (AvgIpc) is 2.37. The third kappa shape index (κ3) is 3.91. The van der Waals surface area contributed by atoms with E-state index in [1.54, 1.807) is 0 Å². The predicted molar refractivity (Wildman–Crippen MR) is 65.0 cm³/mol. The maximum absolute atomic E-state index is 13.4. The molecule has 1 aliphatic carbocycles. The molecule has 0 spiro atoms. The Morgan fingerprint density at radius 1 is 1.15 bits per heavy atom. The van der Waals surface area contributed by atoms with Crippen molar-refractivity contribution in [2.24, 2.45) is 5.92 Å². The average molecular weight is 293 g/mol. The Bertz CT molecular complexity index is 457. The molecule has 0 saturated heterocycles. The van der Waals surface area contributed by atoms with Gasteiger partial charge in [0, 0.05) is 24.2 Å². The molecule has 20 heavy (non-hydrogen) atoms. The quantitative estimate of drug-likeness (QED) is 0.825. The van der Waals surface area contributed by atoms with Gasteiger partial charge in [0.2, 0.25) is 0 Å². The van der Waals surface area contributed by atoms with Crippen molar-refractivity contribution in [1.82, 2.24) is 5.32 Å². The molecule has 2 rings (SSSR count). The molecule has 0 aliphatic heterocycles. The second-order valence-corrected chi connectivity index (χ2v) is 5.22. The Hall–Kier alpha value is -1.17. The van der Waals surface area contributed by atoms with Crippen molar-refractivity contribution >= 4 is 0 Å². The molecule has 1 aromatic rings. The van der Waals surface area contributed by atoms with Gasteiger partial charge in [-0.05, 0) is 25.3 Å². The van der Waals surface area contributed by atoms with Crippen molar-refractivity contribution in [3.63, 3.8) is 0 Å². The van der Waals surface area contributed by atoms with E-state index in [0.29, 0.717) is 12.8 Å². The molecule has 2 unspecified atom stereocenters. The van der Waals surface area contributed by atoms with E-state index in [0.717, 1.165) is 12.1 Å². The molecule has 1 aromatic carbocycles. The van der Waals surface area contributed by atoms with Crippen molar-refractivity contribution in [3.8, 4) is 0 Å². The molecule has 112 valence electrons. The number of halogens is 5. The van der Waals surface area contributed by atoms with E-state index in [9.17, 15) is 22.0 Å². The van der Waals surface area contributed by atoms with Gasteiger partial charge < -0.3 is 5.32 Å². The Labute approximate surface area is 114 Å². The van der Waals surface area contributed by atoms with Crippen molar-refractivity contribution in [2.45, 2.75) is 44.4 Å². The first kappa shape index (κ1) is 15.2. The zero-order valence-electron chi connectivity index (χ0n) is 10.8. The van der Waals surface area contributed by atoms with Crippen molar-refractivity contribution in [2.75, 3.05) is 0 Å². The Morgan fingerprint density at radius 3 is 2.55 bits per heavy atom.